The SMILES string of the molecule is COc1cc2c(cc1OCCCCCOc1cc3c(cc1OC)C(=O)N1C=C(c4ccc(N5CCN(C)CC5)cc4)C[C@H]1C=N3)N=CC1CC(c3ccc(NC(=O)[C@H](C)NC(=O)[C@@H](NC(=O)CCOCCOCCOCCOCCOCCOCCOCCOCCNC(=O)CCN4C(=O)C=CC4=O)C(C)C)cc3)=CN1C2=O. The van der Waals surface area contributed by atoms with Gasteiger partial charge in [0.15, 0.2) is 23.0 Å². The van der Waals surface area contributed by atoms with E-state index in [0.717, 1.165) is 66.2 Å². The number of nitrogens with one attached hydrogen (secondary N) is 4. The number of unbranched alkanes of at least 4 members (excludes halogenated alkanes) is 2. The lowest BCUT2D eigenvalue weighted by atomic mass is 10.0. The minimum atomic E-state index is -0.939. The number of likely N-dealkylation sites (N-methyl/N-ethyl adjacent to an activating group) is 1. The van der Waals surface area contributed by atoms with E-state index in [1.807, 2.05) is 30.7 Å². The molecule has 0 aliphatic carbocycles. The average molecular weight is 1570 g/mol. The fourth-order valence-corrected chi connectivity index (χ4v) is 13.0. The zero-order valence-electron chi connectivity index (χ0n) is 65.5. The lowest BCUT2D eigenvalue weighted by molar-refractivity contribution is -0.137. The number of methoxy groups -OCH3 is 2. The summed E-state index contributed by atoms with van der Waals surface area (Å²) >= 11 is 0. The normalized spacial score (nSPS) is 16.9. The van der Waals surface area contributed by atoms with E-state index >= 15 is 0 Å². The molecule has 31 nitrogen and oxygen atoms in total. The zero-order valence-corrected chi connectivity index (χ0v) is 65.5. The fraction of sp³-hybridized carbons (Fsp3) is 0.512. The molecule has 1 unspecified atom stereocenters. The molecule has 0 radical (unpaired) electrons. The second-order valence-corrected chi connectivity index (χ2v) is 28.0. The molecule has 113 heavy (non-hydrogen) atoms. The predicted molar refractivity (Wildman–Crippen MR) is 422 cm³/mol. The number of ether oxygens (including phenoxy) is 12. The van der Waals surface area contributed by atoms with Gasteiger partial charge in [0.05, 0.1) is 168 Å². The minimum Gasteiger partial charge on any atom is -0.493 e. The third-order valence-corrected chi connectivity index (χ3v) is 19.5. The monoisotopic (exact) mass is 1570 g/mol. The molecule has 6 heterocycles. The Hall–Kier alpha value is -9.96. The van der Waals surface area contributed by atoms with E-state index < -0.39 is 35.7 Å². The number of carbonyl (C=O) groups is 8. The number of anilines is 2. The number of piperazine rings is 1. The van der Waals surface area contributed by atoms with Crippen LogP contribution in [-0.4, -0.2) is 283 Å². The van der Waals surface area contributed by atoms with E-state index in [0.29, 0.717) is 183 Å². The van der Waals surface area contributed by atoms with Gasteiger partial charge in [-0.2, -0.15) is 0 Å². The number of fused-ring (bicyclic) bond motifs is 4. The molecule has 4 atom stereocenters. The largest absolute Gasteiger partial charge is 0.493 e. The van der Waals surface area contributed by atoms with Crippen LogP contribution in [0.1, 0.15) is 97.6 Å². The molecule has 8 amide bonds. The Balaban J connectivity index is 0.535. The predicted octanol–water partition coefficient (Wildman–Crippen LogP) is 6.56. The number of rotatable bonds is 49. The number of hydrogen-bond donors (Lipinski definition) is 4. The first-order valence-corrected chi connectivity index (χ1v) is 38.8. The molecule has 6 aliphatic rings. The molecule has 4 N–H and O–H groups in total. The molecule has 4 aromatic carbocycles. The summed E-state index contributed by atoms with van der Waals surface area (Å²) in [7, 11) is 5.25. The third-order valence-electron chi connectivity index (χ3n) is 19.5. The van der Waals surface area contributed by atoms with Gasteiger partial charge in [0.2, 0.25) is 23.6 Å². The number of carbonyl (C=O) groups excluding carboxylic acids is 8. The number of benzene rings is 4. The van der Waals surface area contributed by atoms with Gasteiger partial charge in [0.1, 0.15) is 12.1 Å². The molecular weight excluding hydrogens is 1460 g/mol. The highest BCUT2D eigenvalue weighted by molar-refractivity contribution is 6.13. The first-order chi connectivity index (χ1) is 54.9. The van der Waals surface area contributed by atoms with Crippen molar-refractivity contribution in [1.82, 2.24) is 35.6 Å². The highest BCUT2D eigenvalue weighted by Gasteiger charge is 2.36. The molecule has 0 bridgehead atoms. The molecule has 610 valence electrons. The summed E-state index contributed by atoms with van der Waals surface area (Å²) < 4.78 is 68.0. The molecule has 6 aliphatic heterocycles. The van der Waals surface area contributed by atoms with Crippen molar-refractivity contribution < 1.29 is 95.2 Å². The summed E-state index contributed by atoms with van der Waals surface area (Å²) in [5.41, 5.74) is 7.46. The number of nitrogens with zero attached hydrogens (tertiary/aromatic N) is 7. The molecular formula is C82H107N11O20. The first-order valence-electron chi connectivity index (χ1n) is 38.8. The topological polar surface area (TPSA) is 336 Å². The molecule has 31 heteroatoms. The van der Waals surface area contributed by atoms with Gasteiger partial charge < -0.3 is 97.7 Å². The number of imide groups is 1. The van der Waals surface area contributed by atoms with Crippen LogP contribution in [0.4, 0.5) is 22.7 Å². The molecule has 10 rings (SSSR count). The highest BCUT2D eigenvalue weighted by Crippen LogP contribution is 2.42. The maximum Gasteiger partial charge on any atom is 0.260 e. The number of amides is 8. The molecule has 0 spiro atoms. The third kappa shape index (κ3) is 25.5. The van der Waals surface area contributed by atoms with E-state index in [2.05, 4.69) is 62.4 Å². The van der Waals surface area contributed by atoms with Crippen molar-refractivity contribution in [3.05, 3.63) is 120 Å². The fourth-order valence-electron chi connectivity index (χ4n) is 13.0. The van der Waals surface area contributed by atoms with Crippen LogP contribution in [0.25, 0.3) is 11.1 Å². The summed E-state index contributed by atoms with van der Waals surface area (Å²) in [4.78, 5) is 122. The van der Waals surface area contributed by atoms with Gasteiger partial charge in [-0.15, -0.1) is 0 Å². The smallest absolute Gasteiger partial charge is 0.260 e. The van der Waals surface area contributed by atoms with E-state index in [9.17, 15) is 38.4 Å². The van der Waals surface area contributed by atoms with Crippen molar-refractivity contribution in [2.75, 3.05) is 190 Å². The van der Waals surface area contributed by atoms with Crippen LogP contribution >= 0.6 is 0 Å². The number of aliphatic imine (C=N–C) groups is 2. The Morgan fingerprint density at radius 1 is 0.496 bits per heavy atom. The van der Waals surface area contributed by atoms with Gasteiger partial charge in [-0.3, -0.25) is 53.2 Å². The highest BCUT2D eigenvalue weighted by atomic mass is 16.6. The molecule has 1 fully saturated rings. The van der Waals surface area contributed by atoms with Crippen LogP contribution in [0.2, 0.25) is 0 Å². The Morgan fingerprint density at radius 2 is 0.947 bits per heavy atom. The van der Waals surface area contributed by atoms with E-state index in [1.165, 1.54) is 24.9 Å². The van der Waals surface area contributed by atoms with E-state index in [-0.39, 0.29) is 74.2 Å². The van der Waals surface area contributed by atoms with Crippen LogP contribution in [0.5, 0.6) is 23.0 Å². The lowest BCUT2D eigenvalue weighted by Crippen LogP contribution is -2.53. The van der Waals surface area contributed by atoms with Crippen LogP contribution in [0.15, 0.2) is 107 Å². The van der Waals surface area contributed by atoms with Gasteiger partial charge in [0.25, 0.3) is 23.6 Å². The molecule has 1 saturated heterocycles. The summed E-state index contributed by atoms with van der Waals surface area (Å²) in [5, 5.41) is 11.0. The van der Waals surface area contributed by atoms with Gasteiger partial charge in [-0.05, 0) is 97.8 Å². The summed E-state index contributed by atoms with van der Waals surface area (Å²) in [5.74, 6) is -1.27. The van der Waals surface area contributed by atoms with Crippen LogP contribution in [-0.2, 0) is 66.7 Å². The second-order valence-electron chi connectivity index (χ2n) is 28.0. The lowest BCUT2D eigenvalue weighted by Gasteiger charge is -2.34. The standard InChI is InChI=1S/C82H107N11O20/c1-56(2)78(88-75(95)21-30-104-32-34-106-36-38-108-40-42-110-44-45-111-43-41-109-39-37-107-35-33-105-31-22-83-74(94)20-23-91-76(96)18-19-77(91)97)80(99)86-57(3)79(98)87-62-14-10-58(11-15-62)60-46-64-52-84-68-50-72(70(102-5)48-66(68)81(100)92(64)54-60)112-28-8-7-9-29-113-73-51-69-67(49-71(73)103-6)82(101)93-55-61(47-65(93)53-85-69)59-12-16-63(17-13-59)90-26-24-89(4)25-27-90/h10-19,48-57,64-65,78H,7-9,20-47H2,1-6H3,(H,83,94)(H,86,99)(H,87,98)(H,88,95)/t57-,64?,65-,78-/m0/s1. The summed E-state index contributed by atoms with van der Waals surface area (Å²) in [6, 6.07) is 20.4. The van der Waals surface area contributed by atoms with Gasteiger partial charge >= 0.3 is 0 Å². The quantitative estimate of drug-likeness (QED) is 0.0268. The first kappa shape index (κ1) is 85.5. The Bertz CT molecular complexity index is 4010. The van der Waals surface area contributed by atoms with Gasteiger partial charge in [0, 0.05) is 125 Å². The maximum atomic E-state index is 14.2. The maximum absolute atomic E-state index is 14.2. The number of hydrogen-bond acceptors (Lipinski definition) is 24. The van der Waals surface area contributed by atoms with Crippen LogP contribution in [0.3, 0.4) is 0 Å². The van der Waals surface area contributed by atoms with Gasteiger partial charge in [-0.1, -0.05) is 38.1 Å². The Labute approximate surface area is 659 Å². The van der Waals surface area contributed by atoms with E-state index in [4.69, 9.17) is 66.8 Å². The van der Waals surface area contributed by atoms with Crippen LogP contribution in [0, 0.1) is 5.92 Å². The van der Waals surface area contributed by atoms with Crippen molar-refractivity contribution in [1.29, 1.82) is 0 Å². The van der Waals surface area contributed by atoms with Crippen molar-refractivity contribution in [2.24, 2.45) is 15.9 Å². The van der Waals surface area contributed by atoms with Crippen molar-refractivity contribution in [3.8, 4) is 23.0 Å². The molecule has 4 aromatic rings. The van der Waals surface area contributed by atoms with Crippen molar-refractivity contribution in [3.63, 3.8) is 0 Å². The summed E-state index contributed by atoms with van der Waals surface area (Å²) in [6.45, 7) is 16.0. The van der Waals surface area contributed by atoms with Crippen molar-refractivity contribution >= 4 is 93.6 Å². The Kier molecular flexibility index (Phi) is 33.6. The molecule has 0 aromatic heterocycles. The minimum absolute atomic E-state index is 0.0143. The molecule has 0 saturated carbocycles. The van der Waals surface area contributed by atoms with Crippen LogP contribution < -0.4 is 45.1 Å². The Morgan fingerprint density at radius 3 is 1.41 bits per heavy atom. The van der Waals surface area contributed by atoms with Gasteiger partial charge in [-0.25, -0.2) is 0 Å². The summed E-state index contributed by atoms with van der Waals surface area (Å²) in [6.07, 6.45) is 13.2. The van der Waals surface area contributed by atoms with Crippen molar-refractivity contribution in [2.45, 2.75) is 89.9 Å². The van der Waals surface area contributed by atoms with E-state index in [1.54, 1.807) is 80.3 Å². The average Bonchev–Trinajstić information content (AvgIpc) is 1.64. The second kappa shape index (κ2) is 44.5. The zero-order chi connectivity index (χ0) is 79.9.